The van der Waals surface area contributed by atoms with E-state index in [0.29, 0.717) is 23.7 Å². The SMILES string of the molecule is CN(CC(=O)c1ccc(OCC(=O)O)cc1)Cc1cccc(N)n1. The van der Waals surface area contributed by atoms with E-state index >= 15 is 0 Å². The van der Waals surface area contributed by atoms with Crippen LogP contribution in [0.25, 0.3) is 0 Å². The van der Waals surface area contributed by atoms with Crippen molar-refractivity contribution in [2.45, 2.75) is 6.54 Å². The van der Waals surface area contributed by atoms with Crippen molar-refractivity contribution in [3.8, 4) is 5.75 Å². The highest BCUT2D eigenvalue weighted by atomic mass is 16.5. The van der Waals surface area contributed by atoms with Crippen LogP contribution in [0.4, 0.5) is 5.82 Å². The Kier molecular flexibility index (Phi) is 5.86. The van der Waals surface area contributed by atoms with Gasteiger partial charge in [-0.15, -0.1) is 0 Å². The van der Waals surface area contributed by atoms with Gasteiger partial charge < -0.3 is 15.6 Å². The highest BCUT2D eigenvalue weighted by Crippen LogP contribution is 2.13. The molecule has 0 aliphatic carbocycles. The van der Waals surface area contributed by atoms with Gasteiger partial charge in [0.25, 0.3) is 0 Å². The minimum atomic E-state index is -1.05. The zero-order valence-electron chi connectivity index (χ0n) is 13.3. The van der Waals surface area contributed by atoms with Crippen LogP contribution in [0.3, 0.4) is 0 Å². The molecule has 1 heterocycles. The van der Waals surface area contributed by atoms with Crippen molar-refractivity contribution < 1.29 is 19.4 Å². The molecule has 1 aromatic heterocycles. The molecule has 1 aromatic carbocycles. The third-order valence-corrected chi connectivity index (χ3v) is 3.21. The summed E-state index contributed by atoms with van der Waals surface area (Å²) in [6.45, 7) is 0.325. The number of aromatic nitrogens is 1. The molecule has 3 N–H and O–H groups in total. The molecule has 0 saturated carbocycles. The van der Waals surface area contributed by atoms with Gasteiger partial charge in [-0.05, 0) is 43.4 Å². The average Bonchev–Trinajstić information content (AvgIpc) is 2.53. The van der Waals surface area contributed by atoms with Gasteiger partial charge >= 0.3 is 5.97 Å². The molecule has 0 aliphatic heterocycles. The zero-order chi connectivity index (χ0) is 17.5. The van der Waals surface area contributed by atoms with Crippen molar-refractivity contribution in [1.82, 2.24) is 9.88 Å². The number of carboxylic acids is 1. The molecule has 0 bridgehead atoms. The Bertz CT molecular complexity index is 716. The molecule has 7 heteroatoms. The van der Waals surface area contributed by atoms with Gasteiger partial charge in [-0.2, -0.15) is 0 Å². The fourth-order valence-electron chi connectivity index (χ4n) is 2.14. The molecule has 7 nitrogen and oxygen atoms in total. The first-order chi connectivity index (χ1) is 11.4. The van der Waals surface area contributed by atoms with Crippen LogP contribution >= 0.6 is 0 Å². The first-order valence-electron chi connectivity index (χ1n) is 7.32. The highest BCUT2D eigenvalue weighted by Gasteiger charge is 2.11. The Labute approximate surface area is 139 Å². The first-order valence-corrected chi connectivity index (χ1v) is 7.32. The summed E-state index contributed by atoms with van der Waals surface area (Å²) in [6, 6.07) is 11.8. The summed E-state index contributed by atoms with van der Waals surface area (Å²) in [4.78, 5) is 28.8. The number of hydrogen-bond donors (Lipinski definition) is 2. The Hall–Kier alpha value is -2.93. The molecule has 24 heavy (non-hydrogen) atoms. The van der Waals surface area contributed by atoms with E-state index in [1.165, 1.54) is 0 Å². The molecule has 0 atom stereocenters. The van der Waals surface area contributed by atoms with Crippen LogP contribution in [-0.2, 0) is 11.3 Å². The van der Waals surface area contributed by atoms with Crippen LogP contribution in [-0.4, -0.2) is 46.9 Å². The minimum absolute atomic E-state index is 0.0498. The number of ether oxygens (including phenoxy) is 1. The molecule has 0 unspecified atom stereocenters. The normalized spacial score (nSPS) is 10.6. The summed E-state index contributed by atoms with van der Waals surface area (Å²) in [5.74, 6) is -0.242. The van der Waals surface area contributed by atoms with Crippen molar-refractivity contribution in [3.63, 3.8) is 0 Å². The van der Waals surface area contributed by atoms with Crippen LogP contribution in [0, 0.1) is 0 Å². The fraction of sp³-hybridized carbons (Fsp3) is 0.235. The molecule has 2 aromatic rings. The average molecular weight is 329 g/mol. The van der Waals surface area contributed by atoms with E-state index < -0.39 is 12.6 Å². The largest absolute Gasteiger partial charge is 0.482 e. The lowest BCUT2D eigenvalue weighted by Crippen LogP contribution is -2.26. The smallest absolute Gasteiger partial charge is 0.341 e. The first kappa shape index (κ1) is 17.4. The van der Waals surface area contributed by atoms with Crippen LogP contribution in [0.5, 0.6) is 5.75 Å². The molecular formula is C17H19N3O4. The number of benzene rings is 1. The second-order valence-electron chi connectivity index (χ2n) is 5.36. The van der Waals surface area contributed by atoms with Gasteiger partial charge in [-0.1, -0.05) is 6.07 Å². The van der Waals surface area contributed by atoms with E-state index in [4.69, 9.17) is 15.6 Å². The van der Waals surface area contributed by atoms with Gasteiger partial charge in [0.1, 0.15) is 11.6 Å². The molecular weight excluding hydrogens is 310 g/mol. The fourth-order valence-corrected chi connectivity index (χ4v) is 2.14. The van der Waals surface area contributed by atoms with Crippen molar-refractivity contribution >= 4 is 17.6 Å². The summed E-state index contributed by atoms with van der Waals surface area (Å²) >= 11 is 0. The van der Waals surface area contributed by atoms with Crippen molar-refractivity contribution in [1.29, 1.82) is 0 Å². The van der Waals surface area contributed by atoms with Crippen LogP contribution in [0.15, 0.2) is 42.5 Å². The van der Waals surface area contributed by atoms with Crippen molar-refractivity contribution in [2.24, 2.45) is 0 Å². The lowest BCUT2D eigenvalue weighted by Gasteiger charge is -2.15. The van der Waals surface area contributed by atoms with Crippen LogP contribution < -0.4 is 10.5 Å². The van der Waals surface area contributed by atoms with Gasteiger partial charge in [0.05, 0.1) is 12.2 Å². The van der Waals surface area contributed by atoms with E-state index in [1.807, 2.05) is 24.1 Å². The van der Waals surface area contributed by atoms with Crippen molar-refractivity contribution in [3.05, 3.63) is 53.7 Å². The van der Waals surface area contributed by atoms with E-state index in [2.05, 4.69) is 4.98 Å². The van der Waals surface area contributed by atoms with Gasteiger partial charge in [-0.3, -0.25) is 9.69 Å². The number of anilines is 1. The molecule has 0 spiro atoms. The maximum Gasteiger partial charge on any atom is 0.341 e. The quantitative estimate of drug-likeness (QED) is 0.706. The van der Waals surface area contributed by atoms with E-state index in [9.17, 15) is 9.59 Å². The number of nitrogens with zero attached hydrogens (tertiary/aromatic N) is 2. The van der Waals surface area contributed by atoms with Gasteiger partial charge in [0.2, 0.25) is 0 Å². The third kappa shape index (κ3) is 5.36. The molecule has 0 aliphatic rings. The lowest BCUT2D eigenvalue weighted by molar-refractivity contribution is -0.139. The van der Waals surface area contributed by atoms with Crippen LogP contribution in [0.1, 0.15) is 16.1 Å². The maximum absolute atomic E-state index is 12.3. The number of pyridine rings is 1. The molecule has 0 amide bonds. The predicted molar refractivity (Wildman–Crippen MR) is 88.9 cm³/mol. The number of likely N-dealkylation sites (N-methyl/N-ethyl adjacent to an activating group) is 1. The van der Waals surface area contributed by atoms with E-state index in [0.717, 1.165) is 5.69 Å². The number of carboxylic acid groups (broad SMARTS) is 1. The molecule has 126 valence electrons. The predicted octanol–water partition coefficient (Wildman–Crippen LogP) is 1.44. The number of hydrogen-bond acceptors (Lipinski definition) is 6. The number of nitrogen functional groups attached to an aromatic ring is 1. The lowest BCUT2D eigenvalue weighted by atomic mass is 10.1. The van der Waals surface area contributed by atoms with Gasteiger partial charge in [0, 0.05) is 12.1 Å². The summed E-state index contributed by atoms with van der Waals surface area (Å²) in [6.07, 6.45) is 0. The van der Waals surface area contributed by atoms with E-state index in [-0.39, 0.29) is 12.3 Å². The Morgan fingerprint density at radius 1 is 1.21 bits per heavy atom. The number of Topliss-reactive ketones (excluding diaryl/α,β-unsaturated/α-hetero) is 1. The second kappa shape index (κ2) is 8.07. The summed E-state index contributed by atoms with van der Waals surface area (Å²) < 4.78 is 5.03. The number of carbonyl (C=O) groups is 2. The summed E-state index contributed by atoms with van der Waals surface area (Å²) in [7, 11) is 1.83. The third-order valence-electron chi connectivity index (χ3n) is 3.21. The molecule has 2 rings (SSSR count). The number of carbonyl (C=O) groups excluding carboxylic acids is 1. The van der Waals surface area contributed by atoms with Gasteiger partial charge in [0.15, 0.2) is 12.4 Å². The van der Waals surface area contributed by atoms with Crippen LogP contribution in [0.2, 0.25) is 0 Å². The minimum Gasteiger partial charge on any atom is -0.482 e. The summed E-state index contributed by atoms with van der Waals surface area (Å²) in [5, 5.41) is 8.56. The monoisotopic (exact) mass is 329 g/mol. The Morgan fingerprint density at radius 3 is 2.54 bits per heavy atom. The molecule has 0 saturated heterocycles. The molecule has 0 radical (unpaired) electrons. The standard InChI is InChI=1S/C17H19N3O4/c1-20(9-13-3-2-4-16(18)19-13)10-15(21)12-5-7-14(8-6-12)24-11-17(22)23/h2-8H,9-11H2,1H3,(H2,18,19)(H,22,23). The highest BCUT2D eigenvalue weighted by molar-refractivity contribution is 5.97. The zero-order valence-corrected chi connectivity index (χ0v) is 13.3. The number of rotatable bonds is 8. The Balaban J connectivity index is 1.90. The number of nitrogens with two attached hydrogens (primary N) is 1. The Morgan fingerprint density at radius 2 is 1.92 bits per heavy atom. The number of ketones is 1. The van der Waals surface area contributed by atoms with Crippen molar-refractivity contribution in [2.75, 3.05) is 25.9 Å². The van der Waals surface area contributed by atoms with Gasteiger partial charge in [-0.25, -0.2) is 9.78 Å². The number of aliphatic carboxylic acids is 1. The van der Waals surface area contributed by atoms with E-state index in [1.54, 1.807) is 30.3 Å². The second-order valence-corrected chi connectivity index (χ2v) is 5.36. The molecule has 0 fully saturated rings. The maximum atomic E-state index is 12.3. The topological polar surface area (TPSA) is 106 Å². The summed E-state index contributed by atoms with van der Waals surface area (Å²) in [5.41, 5.74) is 6.97.